The minimum absolute atomic E-state index is 0.0116. The highest BCUT2D eigenvalue weighted by molar-refractivity contribution is 5.86. The minimum Gasteiger partial charge on any atom is -0.467 e. The van der Waals surface area contributed by atoms with Gasteiger partial charge in [0, 0.05) is 19.2 Å². The first kappa shape index (κ1) is 26.3. The first-order valence-electron chi connectivity index (χ1n) is 10.1. The molecular weight excluding hydrogens is 408 g/mol. The largest absolute Gasteiger partial charge is 0.467 e. The van der Waals surface area contributed by atoms with Gasteiger partial charge >= 0.3 is 24.1 Å². The highest BCUT2D eigenvalue weighted by Gasteiger charge is 2.47. The van der Waals surface area contributed by atoms with Crippen LogP contribution in [0.1, 0.15) is 48.5 Å². The van der Waals surface area contributed by atoms with Crippen LogP contribution >= 0.6 is 0 Å². The molecule has 1 aliphatic rings. The monoisotopic (exact) mass is 442 g/mol. The second-order valence-electron chi connectivity index (χ2n) is 8.92. The second-order valence-corrected chi connectivity index (χ2v) is 8.92. The zero-order chi connectivity index (χ0) is 24.0. The molecule has 0 saturated carbocycles. The zero-order valence-electron chi connectivity index (χ0n) is 19.6. The van der Waals surface area contributed by atoms with Gasteiger partial charge in [0.05, 0.1) is 19.8 Å². The van der Waals surface area contributed by atoms with Gasteiger partial charge in [-0.2, -0.15) is 0 Å². The maximum atomic E-state index is 12.8. The molecule has 0 aromatic carbocycles. The van der Waals surface area contributed by atoms with Gasteiger partial charge in [0.25, 0.3) is 0 Å². The molecule has 1 rings (SSSR count). The van der Waals surface area contributed by atoms with Gasteiger partial charge < -0.3 is 18.9 Å². The van der Waals surface area contributed by atoms with E-state index in [0.29, 0.717) is 0 Å². The summed E-state index contributed by atoms with van der Waals surface area (Å²) >= 11 is 0. The van der Waals surface area contributed by atoms with E-state index in [0.717, 1.165) is 6.08 Å². The van der Waals surface area contributed by atoms with Gasteiger partial charge in [-0.05, 0) is 48.5 Å². The maximum Gasteiger partial charge on any atom is 0.411 e. The number of amides is 2. The van der Waals surface area contributed by atoms with Crippen LogP contribution in [0.4, 0.5) is 9.59 Å². The summed E-state index contributed by atoms with van der Waals surface area (Å²) in [7, 11) is 1.17. The van der Waals surface area contributed by atoms with Crippen molar-refractivity contribution in [3.8, 4) is 0 Å². The molecular formula is C21H34N2O8. The molecule has 1 aliphatic heterocycles. The summed E-state index contributed by atoms with van der Waals surface area (Å²) in [5, 5.41) is 0. The number of esters is 2. The van der Waals surface area contributed by atoms with Crippen molar-refractivity contribution in [3.05, 3.63) is 12.2 Å². The number of carbonyl (C=O) groups is 4. The lowest BCUT2D eigenvalue weighted by Gasteiger charge is -2.44. The summed E-state index contributed by atoms with van der Waals surface area (Å²) in [6.07, 6.45) is 1.02. The van der Waals surface area contributed by atoms with Crippen LogP contribution in [-0.4, -0.2) is 84.0 Å². The van der Waals surface area contributed by atoms with Gasteiger partial charge in [-0.3, -0.25) is 9.80 Å². The molecule has 176 valence electrons. The molecule has 10 heteroatoms. The van der Waals surface area contributed by atoms with Crippen LogP contribution in [0.3, 0.4) is 0 Å². The number of hydrogen-bond donors (Lipinski definition) is 0. The van der Waals surface area contributed by atoms with Crippen LogP contribution in [0.25, 0.3) is 0 Å². The Hall–Kier alpha value is -2.78. The predicted octanol–water partition coefficient (Wildman–Crippen LogP) is 2.50. The molecule has 2 amide bonds. The molecule has 0 N–H and O–H groups in total. The maximum absolute atomic E-state index is 12.8. The van der Waals surface area contributed by atoms with Crippen molar-refractivity contribution in [3.63, 3.8) is 0 Å². The van der Waals surface area contributed by atoms with Gasteiger partial charge in [-0.25, -0.2) is 19.2 Å². The van der Waals surface area contributed by atoms with Crippen molar-refractivity contribution in [2.75, 3.05) is 26.8 Å². The quantitative estimate of drug-likeness (QED) is 0.371. The molecule has 1 fully saturated rings. The zero-order valence-corrected chi connectivity index (χ0v) is 19.6. The Labute approximate surface area is 183 Å². The Morgan fingerprint density at radius 1 is 0.903 bits per heavy atom. The molecule has 2 atom stereocenters. The van der Waals surface area contributed by atoms with Crippen LogP contribution in [0.15, 0.2) is 12.2 Å². The SMILES string of the molecule is CCOC(=O)/C=C/[C@H]1[C@H](C(=O)OC)N(C(=O)OC(C)(C)C)CCN1C(=O)OC(C)(C)C. The summed E-state index contributed by atoms with van der Waals surface area (Å²) < 4.78 is 20.7. The molecule has 0 bridgehead atoms. The number of piperazine rings is 1. The van der Waals surface area contributed by atoms with E-state index in [-0.39, 0.29) is 19.7 Å². The molecule has 0 aliphatic carbocycles. The topological polar surface area (TPSA) is 112 Å². The average Bonchev–Trinajstić information content (AvgIpc) is 2.62. The third-order valence-electron chi connectivity index (χ3n) is 4.02. The van der Waals surface area contributed by atoms with E-state index in [1.807, 2.05) is 0 Å². The number of rotatable bonds is 4. The normalized spacial score (nSPS) is 19.7. The summed E-state index contributed by atoms with van der Waals surface area (Å²) in [6, 6.07) is -2.28. The van der Waals surface area contributed by atoms with Crippen molar-refractivity contribution in [1.82, 2.24) is 9.80 Å². The molecule has 1 heterocycles. The van der Waals surface area contributed by atoms with Crippen molar-refractivity contribution < 1.29 is 38.1 Å². The Morgan fingerprint density at radius 3 is 1.84 bits per heavy atom. The molecule has 0 radical (unpaired) electrons. The summed E-state index contributed by atoms with van der Waals surface area (Å²) in [6.45, 7) is 12.1. The molecule has 0 spiro atoms. The Kier molecular flexibility index (Phi) is 8.89. The molecule has 10 nitrogen and oxygen atoms in total. The first-order chi connectivity index (χ1) is 14.2. The van der Waals surface area contributed by atoms with Crippen LogP contribution in [-0.2, 0) is 28.5 Å². The highest BCUT2D eigenvalue weighted by Crippen LogP contribution is 2.25. The summed E-state index contributed by atoms with van der Waals surface area (Å²) in [5.74, 6) is -1.41. The third-order valence-corrected chi connectivity index (χ3v) is 4.02. The lowest BCUT2D eigenvalue weighted by Crippen LogP contribution is -2.65. The van der Waals surface area contributed by atoms with E-state index in [9.17, 15) is 19.2 Å². The van der Waals surface area contributed by atoms with Gasteiger partial charge in [0.2, 0.25) is 0 Å². The molecule has 0 aromatic rings. The van der Waals surface area contributed by atoms with Crippen molar-refractivity contribution >= 4 is 24.1 Å². The average molecular weight is 443 g/mol. The lowest BCUT2D eigenvalue weighted by atomic mass is 10.0. The van der Waals surface area contributed by atoms with Crippen molar-refractivity contribution in [2.24, 2.45) is 0 Å². The second kappa shape index (κ2) is 10.5. The van der Waals surface area contributed by atoms with Crippen LogP contribution < -0.4 is 0 Å². The summed E-state index contributed by atoms with van der Waals surface area (Å²) in [5.41, 5.74) is -1.58. The van der Waals surface area contributed by atoms with Crippen LogP contribution in [0, 0.1) is 0 Å². The van der Waals surface area contributed by atoms with Crippen LogP contribution in [0.5, 0.6) is 0 Å². The Bertz CT molecular complexity index is 705. The molecule has 1 saturated heterocycles. The summed E-state index contributed by atoms with van der Waals surface area (Å²) in [4.78, 5) is 52.6. The standard InChI is InChI=1S/C21H34N2O8/c1-9-29-15(24)11-10-14-16(17(25)28-8)23(19(27)31-21(5,6)7)13-12-22(14)18(26)30-20(2,3)4/h10-11,14,16H,9,12-13H2,1-8H3/b11-10+/t14-,16+/m0/s1. The minimum atomic E-state index is -1.24. The van der Waals surface area contributed by atoms with E-state index < -0.39 is 47.4 Å². The lowest BCUT2D eigenvalue weighted by molar-refractivity contribution is -0.150. The number of nitrogens with zero attached hydrogens (tertiary/aromatic N) is 2. The number of carbonyl (C=O) groups excluding carboxylic acids is 4. The van der Waals surface area contributed by atoms with E-state index in [4.69, 9.17) is 18.9 Å². The first-order valence-corrected chi connectivity index (χ1v) is 10.1. The van der Waals surface area contributed by atoms with Gasteiger partial charge in [0.1, 0.15) is 11.2 Å². The smallest absolute Gasteiger partial charge is 0.411 e. The predicted molar refractivity (Wildman–Crippen MR) is 111 cm³/mol. The van der Waals surface area contributed by atoms with Crippen molar-refractivity contribution in [1.29, 1.82) is 0 Å². The Balaban J connectivity index is 3.37. The molecule has 31 heavy (non-hydrogen) atoms. The van der Waals surface area contributed by atoms with E-state index >= 15 is 0 Å². The van der Waals surface area contributed by atoms with Crippen molar-refractivity contribution in [2.45, 2.75) is 71.8 Å². The van der Waals surface area contributed by atoms with Gasteiger partial charge in [-0.15, -0.1) is 0 Å². The molecule has 0 unspecified atom stereocenters. The number of hydrogen-bond acceptors (Lipinski definition) is 8. The number of ether oxygens (including phenoxy) is 4. The fraction of sp³-hybridized carbons (Fsp3) is 0.714. The number of methoxy groups -OCH3 is 1. The van der Waals surface area contributed by atoms with E-state index in [1.54, 1.807) is 48.5 Å². The van der Waals surface area contributed by atoms with Gasteiger partial charge in [-0.1, -0.05) is 6.08 Å². The molecule has 0 aromatic heterocycles. The highest BCUT2D eigenvalue weighted by atomic mass is 16.6. The fourth-order valence-electron chi connectivity index (χ4n) is 2.88. The Morgan fingerprint density at radius 2 is 1.39 bits per heavy atom. The van der Waals surface area contributed by atoms with Gasteiger partial charge in [0.15, 0.2) is 6.04 Å². The van der Waals surface area contributed by atoms with E-state index in [1.165, 1.54) is 23.0 Å². The fourth-order valence-corrected chi connectivity index (χ4v) is 2.88. The van der Waals surface area contributed by atoms with E-state index in [2.05, 4.69) is 0 Å². The van der Waals surface area contributed by atoms with Crippen LogP contribution in [0.2, 0.25) is 0 Å². The third kappa shape index (κ3) is 8.10.